The molecule has 1 aliphatic carbocycles. The molecule has 3 nitrogen and oxygen atoms in total. The van der Waals surface area contributed by atoms with Crippen LogP contribution < -0.4 is 5.32 Å². The van der Waals surface area contributed by atoms with Crippen LogP contribution in [0, 0.1) is 17.2 Å². The summed E-state index contributed by atoms with van der Waals surface area (Å²) in [6.45, 7) is 13.2. The van der Waals surface area contributed by atoms with Gasteiger partial charge in [-0.05, 0) is 52.0 Å². The van der Waals surface area contributed by atoms with Crippen molar-refractivity contribution in [2.24, 2.45) is 5.92 Å². The van der Waals surface area contributed by atoms with Gasteiger partial charge < -0.3 is 0 Å². The van der Waals surface area contributed by atoms with Crippen LogP contribution in [0.4, 0.5) is 0 Å². The van der Waals surface area contributed by atoms with Gasteiger partial charge in [-0.15, -0.1) is 0 Å². The van der Waals surface area contributed by atoms with Gasteiger partial charge in [-0.2, -0.15) is 5.26 Å². The van der Waals surface area contributed by atoms with Crippen LogP contribution in [0.15, 0.2) is 0 Å². The predicted octanol–water partition coefficient (Wildman–Crippen LogP) is 3.95. The summed E-state index contributed by atoms with van der Waals surface area (Å²) in [6, 6.07) is 3.70. The lowest BCUT2D eigenvalue weighted by Gasteiger charge is -2.39. The van der Waals surface area contributed by atoms with Crippen molar-refractivity contribution in [2.75, 3.05) is 13.1 Å². The quantitative estimate of drug-likeness (QED) is 0.699. The summed E-state index contributed by atoms with van der Waals surface area (Å²) < 4.78 is 0. The Morgan fingerprint density at radius 3 is 2.38 bits per heavy atom. The van der Waals surface area contributed by atoms with E-state index in [1.807, 2.05) is 0 Å². The van der Waals surface area contributed by atoms with Crippen molar-refractivity contribution in [1.82, 2.24) is 10.2 Å². The van der Waals surface area contributed by atoms with Crippen molar-refractivity contribution in [3.8, 4) is 6.07 Å². The zero-order chi connectivity index (χ0) is 15.9. The van der Waals surface area contributed by atoms with Crippen LogP contribution in [0.25, 0.3) is 0 Å². The highest BCUT2D eigenvalue weighted by Gasteiger charge is 2.32. The molecule has 122 valence electrons. The number of nitrogens with one attached hydrogen (secondary N) is 1. The minimum absolute atomic E-state index is 0.400. The van der Waals surface area contributed by atoms with Gasteiger partial charge in [-0.1, -0.05) is 33.6 Å². The Balaban J connectivity index is 2.69. The van der Waals surface area contributed by atoms with Crippen LogP contribution in [-0.2, 0) is 0 Å². The van der Waals surface area contributed by atoms with Gasteiger partial charge in [0.25, 0.3) is 0 Å². The van der Waals surface area contributed by atoms with Gasteiger partial charge in [-0.25, -0.2) is 0 Å². The minimum atomic E-state index is -0.400. The Kier molecular flexibility index (Phi) is 7.70. The van der Waals surface area contributed by atoms with E-state index in [0.717, 1.165) is 32.0 Å². The van der Waals surface area contributed by atoms with Crippen LogP contribution in [0.3, 0.4) is 0 Å². The molecule has 3 heteroatoms. The Morgan fingerprint density at radius 2 is 1.90 bits per heavy atom. The molecule has 0 bridgehead atoms. The van der Waals surface area contributed by atoms with E-state index in [9.17, 15) is 5.26 Å². The summed E-state index contributed by atoms with van der Waals surface area (Å²) in [5.41, 5.74) is -0.400. The summed E-state index contributed by atoms with van der Waals surface area (Å²) in [7, 11) is 0. The summed E-state index contributed by atoms with van der Waals surface area (Å²) >= 11 is 0. The van der Waals surface area contributed by atoms with E-state index in [2.05, 4.69) is 50.9 Å². The first-order valence-electron chi connectivity index (χ1n) is 8.84. The molecule has 0 heterocycles. The molecule has 1 rings (SSSR count). The highest BCUT2D eigenvalue weighted by molar-refractivity contribution is 5.05. The third kappa shape index (κ3) is 5.96. The fourth-order valence-corrected chi connectivity index (χ4v) is 3.61. The fraction of sp³-hybridized carbons (Fsp3) is 0.944. The SMILES string of the molecule is CCCNC(C)(C#N)CC(C)N(CC(C)C)C1CCCC1. The summed E-state index contributed by atoms with van der Waals surface area (Å²) in [6.07, 6.45) is 7.40. The van der Waals surface area contributed by atoms with Crippen molar-refractivity contribution in [1.29, 1.82) is 5.26 Å². The molecule has 0 aromatic rings. The molecule has 0 aromatic heterocycles. The largest absolute Gasteiger partial charge is 0.300 e. The van der Waals surface area contributed by atoms with E-state index < -0.39 is 5.54 Å². The first kappa shape index (κ1) is 18.5. The van der Waals surface area contributed by atoms with E-state index in [1.165, 1.54) is 25.7 Å². The Hall–Kier alpha value is -0.590. The fourth-order valence-electron chi connectivity index (χ4n) is 3.61. The van der Waals surface area contributed by atoms with Crippen molar-refractivity contribution in [2.45, 2.75) is 90.8 Å². The number of nitrogens with zero attached hydrogens (tertiary/aromatic N) is 2. The molecule has 0 aromatic carbocycles. The predicted molar refractivity (Wildman–Crippen MR) is 90.2 cm³/mol. The number of hydrogen-bond acceptors (Lipinski definition) is 3. The maximum absolute atomic E-state index is 9.56. The topological polar surface area (TPSA) is 39.1 Å². The van der Waals surface area contributed by atoms with Crippen LogP contribution >= 0.6 is 0 Å². The van der Waals surface area contributed by atoms with Gasteiger partial charge in [0.1, 0.15) is 5.54 Å². The summed E-state index contributed by atoms with van der Waals surface area (Å²) in [5, 5.41) is 13.0. The van der Waals surface area contributed by atoms with Gasteiger partial charge in [0, 0.05) is 18.6 Å². The number of rotatable bonds is 9. The third-order valence-electron chi connectivity index (χ3n) is 4.65. The highest BCUT2D eigenvalue weighted by atomic mass is 15.2. The maximum atomic E-state index is 9.56. The lowest BCUT2D eigenvalue weighted by Crippen LogP contribution is -2.50. The normalized spacial score (nSPS) is 20.7. The molecule has 0 amide bonds. The molecule has 0 aliphatic heterocycles. The van der Waals surface area contributed by atoms with Crippen molar-refractivity contribution in [3.05, 3.63) is 0 Å². The zero-order valence-corrected chi connectivity index (χ0v) is 14.8. The second-order valence-corrected chi connectivity index (χ2v) is 7.45. The molecular weight excluding hydrogens is 258 g/mol. The van der Waals surface area contributed by atoms with Gasteiger partial charge in [0.2, 0.25) is 0 Å². The van der Waals surface area contributed by atoms with E-state index >= 15 is 0 Å². The number of hydrogen-bond donors (Lipinski definition) is 1. The number of nitriles is 1. The zero-order valence-electron chi connectivity index (χ0n) is 14.8. The van der Waals surface area contributed by atoms with Crippen molar-refractivity contribution >= 4 is 0 Å². The standard InChI is InChI=1S/C18H35N3/c1-6-11-20-18(5,14-19)12-16(4)21(13-15(2)3)17-9-7-8-10-17/h15-17,20H,6-13H2,1-5H3. The second kappa shape index (κ2) is 8.76. The summed E-state index contributed by atoms with van der Waals surface area (Å²) in [5.74, 6) is 0.685. The summed E-state index contributed by atoms with van der Waals surface area (Å²) in [4.78, 5) is 2.68. The van der Waals surface area contributed by atoms with E-state index in [4.69, 9.17) is 0 Å². The van der Waals surface area contributed by atoms with Gasteiger partial charge >= 0.3 is 0 Å². The van der Waals surface area contributed by atoms with E-state index in [-0.39, 0.29) is 0 Å². The lowest BCUT2D eigenvalue weighted by molar-refractivity contribution is 0.108. The van der Waals surface area contributed by atoms with Gasteiger partial charge in [-0.3, -0.25) is 10.2 Å². The highest BCUT2D eigenvalue weighted by Crippen LogP contribution is 2.28. The molecular formula is C18H35N3. The van der Waals surface area contributed by atoms with E-state index in [1.54, 1.807) is 0 Å². The molecule has 0 saturated heterocycles. The van der Waals surface area contributed by atoms with Crippen LogP contribution in [0.1, 0.15) is 73.1 Å². The average Bonchev–Trinajstić information content (AvgIpc) is 2.96. The Morgan fingerprint density at radius 1 is 1.29 bits per heavy atom. The Labute approximate surface area is 132 Å². The van der Waals surface area contributed by atoms with Crippen LogP contribution in [0.2, 0.25) is 0 Å². The van der Waals surface area contributed by atoms with Crippen LogP contribution in [-0.4, -0.2) is 35.6 Å². The minimum Gasteiger partial charge on any atom is -0.300 e. The molecule has 0 spiro atoms. The second-order valence-electron chi connectivity index (χ2n) is 7.45. The Bertz CT molecular complexity index is 328. The van der Waals surface area contributed by atoms with Gasteiger partial charge in [0.05, 0.1) is 6.07 Å². The third-order valence-corrected chi connectivity index (χ3v) is 4.65. The lowest BCUT2D eigenvalue weighted by atomic mass is 9.92. The molecule has 21 heavy (non-hydrogen) atoms. The monoisotopic (exact) mass is 293 g/mol. The molecule has 1 N–H and O–H groups in total. The average molecular weight is 293 g/mol. The maximum Gasteiger partial charge on any atom is 0.105 e. The first-order valence-corrected chi connectivity index (χ1v) is 8.84. The molecule has 1 aliphatic rings. The first-order chi connectivity index (χ1) is 9.91. The van der Waals surface area contributed by atoms with Crippen molar-refractivity contribution in [3.63, 3.8) is 0 Å². The van der Waals surface area contributed by atoms with Gasteiger partial charge in [0.15, 0.2) is 0 Å². The smallest absolute Gasteiger partial charge is 0.105 e. The van der Waals surface area contributed by atoms with Crippen LogP contribution in [0.5, 0.6) is 0 Å². The van der Waals surface area contributed by atoms with Crippen molar-refractivity contribution < 1.29 is 0 Å². The molecule has 1 fully saturated rings. The molecule has 2 atom stereocenters. The molecule has 1 saturated carbocycles. The molecule has 0 radical (unpaired) electrons. The molecule has 2 unspecified atom stereocenters. The van der Waals surface area contributed by atoms with E-state index in [0.29, 0.717) is 12.0 Å².